The van der Waals surface area contributed by atoms with Gasteiger partial charge in [0.15, 0.2) is 0 Å². The van der Waals surface area contributed by atoms with Crippen LogP contribution in [0.3, 0.4) is 0 Å². The fraction of sp³-hybridized carbons (Fsp3) is 0.333. The average molecular weight is 319 g/mol. The van der Waals surface area contributed by atoms with E-state index in [2.05, 4.69) is 16.2 Å². The third-order valence-corrected chi connectivity index (χ3v) is 3.24. The van der Waals surface area contributed by atoms with Crippen molar-refractivity contribution in [1.29, 1.82) is 0 Å². The van der Waals surface area contributed by atoms with E-state index < -0.39 is 17.8 Å². The van der Waals surface area contributed by atoms with Crippen molar-refractivity contribution in [3.8, 4) is 0 Å². The van der Waals surface area contributed by atoms with E-state index in [1.165, 1.54) is 12.1 Å². The van der Waals surface area contributed by atoms with Gasteiger partial charge in [-0.05, 0) is 37.1 Å². The summed E-state index contributed by atoms with van der Waals surface area (Å²) in [7, 11) is 0. The van der Waals surface area contributed by atoms with Crippen molar-refractivity contribution in [2.24, 2.45) is 5.92 Å². The summed E-state index contributed by atoms with van der Waals surface area (Å²) in [5, 5.41) is 11.2. The van der Waals surface area contributed by atoms with Gasteiger partial charge in [0.25, 0.3) is 5.91 Å². The van der Waals surface area contributed by atoms with Crippen LogP contribution in [0.5, 0.6) is 0 Å². The van der Waals surface area contributed by atoms with Crippen LogP contribution in [0.25, 0.3) is 0 Å². The van der Waals surface area contributed by atoms with Gasteiger partial charge in [0.1, 0.15) is 0 Å². The van der Waals surface area contributed by atoms with Gasteiger partial charge in [-0.3, -0.25) is 30.0 Å². The Balaban J connectivity index is 1.79. The fourth-order valence-corrected chi connectivity index (χ4v) is 1.78. The summed E-state index contributed by atoms with van der Waals surface area (Å²) >= 11 is 0. The summed E-state index contributed by atoms with van der Waals surface area (Å²) in [6, 6.07) is 6.23. The number of carbonyl (C=O) groups is 4. The molecule has 23 heavy (non-hydrogen) atoms. The van der Waals surface area contributed by atoms with Crippen LogP contribution in [0, 0.1) is 5.92 Å². The standard InChI is InChI=1S/C15H17N3O5/c19-12(7-8-13(20)21)17-18-15(23)10-3-5-11(6-4-10)16-14(22)9-1-2-9/h3-6,9H,1-2,7-8H2,(H,16,22)(H,17,19)(H,18,23)(H,20,21). The molecule has 4 N–H and O–H groups in total. The van der Waals surface area contributed by atoms with Crippen molar-refractivity contribution >= 4 is 29.4 Å². The monoisotopic (exact) mass is 319 g/mol. The topological polar surface area (TPSA) is 125 Å². The summed E-state index contributed by atoms with van der Waals surface area (Å²) in [6.07, 6.45) is 1.29. The Morgan fingerprint density at radius 1 is 1.00 bits per heavy atom. The Bertz CT molecular complexity index is 623. The maximum absolute atomic E-state index is 11.8. The lowest BCUT2D eigenvalue weighted by Gasteiger charge is -2.08. The van der Waals surface area contributed by atoms with Gasteiger partial charge in [-0.25, -0.2) is 0 Å². The van der Waals surface area contributed by atoms with Crippen molar-refractivity contribution in [3.05, 3.63) is 29.8 Å². The molecule has 1 saturated carbocycles. The molecule has 1 aliphatic rings. The number of hydrogen-bond acceptors (Lipinski definition) is 4. The molecule has 0 heterocycles. The molecule has 0 radical (unpaired) electrons. The van der Waals surface area contributed by atoms with Crippen LogP contribution in [0.4, 0.5) is 5.69 Å². The van der Waals surface area contributed by atoms with Crippen molar-refractivity contribution in [2.75, 3.05) is 5.32 Å². The third kappa shape index (κ3) is 5.42. The summed E-state index contributed by atoms with van der Waals surface area (Å²) in [6.45, 7) is 0. The minimum atomic E-state index is -1.09. The molecule has 122 valence electrons. The first-order chi connectivity index (χ1) is 11.0. The van der Waals surface area contributed by atoms with Crippen LogP contribution in [0.2, 0.25) is 0 Å². The second-order valence-electron chi connectivity index (χ2n) is 5.24. The van der Waals surface area contributed by atoms with Crippen molar-refractivity contribution in [1.82, 2.24) is 10.9 Å². The number of rotatable bonds is 6. The highest BCUT2D eigenvalue weighted by atomic mass is 16.4. The van der Waals surface area contributed by atoms with Crippen LogP contribution in [0.15, 0.2) is 24.3 Å². The Labute approximate surface area is 132 Å². The number of aliphatic carboxylic acids is 1. The molecular formula is C15H17N3O5. The number of carboxylic acid groups (broad SMARTS) is 1. The molecule has 8 nitrogen and oxygen atoms in total. The van der Waals surface area contributed by atoms with Crippen molar-refractivity contribution < 1.29 is 24.3 Å². The zero-order valence-electron chi connectivity index (χ0n) is 12.3. The van der Waals surface area contributed by atoms with Crippen LogP contribution in [-0.4, -0.2) is 28.8 Å². The van der Waals surface area contributed by atoms with E-state index in [1.54, 1.807) is 12.1 Å². The summed E-state index contributed by atoms with van der Waals surface area (Å²) < 4.78 is 0. The number of amides is 3. The van der Waals surface area contributed by atoms with Gasteiger partial charge >= 0.3 is 5.97 Å². The number of benzene rings is 1. The summed E-state index contributed by atoms with van der Waals surface area (Å²) in [4.78, 5) is 45.0. The molecule has 2 rings (SSSR count). The smallest absolute Gasteiger partial charge is 0.303 e. The van der Waals surface area contributed by atoms with E-state index >= 15 is 0 Å². The lowest BCUT2D eigenvalue weighted by Crippen LogP contribution is -2.41. The molecule has 1 aromatic carbocycles. The SMILES string of the molecule is O=C(O)CCC(=O)NNC(=O)c1ccc(NC(=O)C2CC2)cc1. The van der Waals surface area contributed by atoms with Gasteiger partial charge in [-0.2, -0.15) is 0 Å². The number of carboxylic acids is 1. The molecule has 8 heteroatoms. The molecule has 0 spiro atoms. The molecule has 1 fully saturated rings. The minimum Gasteiger partial charge on any atom is -0.481 e. The second-order valence-corrected chi connectivity index (χ2v) is 5.24. The zero-order valence-corrected chi connectivity index (χ0v) is 12.3. The van der Waals surface area contributed by atoms with Gasteiger partial charge in [0.2, 0.25) is 11.8 Å². The Kier molecular flexibility index (Phi) is 5.29. The maximum Gasteiger partial charge on any atom is 0.303 e. The van der Waals surface area contributed by atoms with Gasteiger partial charge < -0.3 is 10.4 Å². The predicted octanol–water partition coefficient (Wildman–Crippen LogP) is 0.661. The van der Waals surface area contributed by atoms with E-state index in [-0.39, 0.29) is 24.7 Å². The van der Waals surface area contributed by atoms with Crippen LogP contribution in [0.1, 0.15) is 36.0 Å². The highest BCUT2D eigenvalue weighted by Gasteiger charge is 2.29. The number of nitrogens with one attached hydrogen (secondary N) is 3. The van der Waals surface area contributed by atoms with Crippen LogP contribution >= 0.6 is 0 Å². The molecule has 0 unspecified atom stereocenters. The second kappa shape index (κ2) is 7.39. The largest absolute Gasteiger partial charge is 0.481 e. The number of carbonyl (C=O) groups excluding carboxylic acids is 3. The normalized spacial score (nSPS) is 13.0. The van der Waals surface area contributed by atoms with Gasteiger partial charge in [0.05, 0.1) is 6.42 Å². The Hall–Kier alpha value is -2.90. The predicted molar refractivity (Wildman–Crippen MR) is 80.3 cm³/mol. The fourth-order valence-electron chi connectivity index (χ4n) is 1.78. The molecule has 0 saturated heterocycles. The van der Waals surface area contributed by atoms with Crippen molar-refractivity contribution in [2.45, 2.75) is 25.7 Å². The Morgan fingerprint density at radius 2 is 1.65 bits per heavy atom. The van der Waals surface area contributed by atoms with E-state index in [4.69, 9.17) is 5.11 Å². The molecule has 0 aromatic heterocycles. The quantitative estimate of drug-likeness (QED) is 0.573. The first-order valence-electron chi connectivity index (χ1n) is 7.17. The zero-order chi connectivity index (χ0) is 16.8. The lowest BCUT2D eigenvalue weighted by atomic mass is 10.2. The van der Waals surface area contributed by atoms with Gasteiger partial charge in [-0.15, -0.1) is 0 Å². The summed E-state index contributed by atoms with van der Waals surface area (Å²) in [5.41, 5.74) is 5.23. The van der Waals surface area contributed by atoms with Crippen molar-refractivity contribution in [3.63, 3.8) is 0 Å². The van der Waals surface area contributed by atoms with E-state index in [0.29, 0.717) is 11.3 Å². The van der Waals surface area contributed by atoms with Crippen LogP contribution < -0.4 is 16.2 Å². The Morgan fingerprint density at radius 3 is 2.22 bits per heavy atom. The first-order valence-corrected chi connectivity index (χ1v) is 7.17. The molecule has 1 aliphatic carbocycles. The summed E-state index contributed by atoms with van der Waals surface area (Å²) in [5.74, 6) is -2.13. The highest BCUT2D eigenvalue weighted by molar-refractivity contribution is 5.97. The number of hydrazine groups is 1. The highest BCUT2D eigenvalue weighted by Crippen LogP contribution is 2.30. The van der Waals surface area contributed by atoms with E-state index in [0.717, 1.165) is 12.8 Å². The van der Waals surface area contributed by atoms with Gasteiger partial charge in [-0.1, -0.05) is 0 Å². The maximum atomic E-state index is 11.8. The first kappa shape index (κ1) is 16.5. The molecule has 1 aromatic rings. The lowest BCUT2D eigenvalue weighted by molar-refractivity contribution is -0.138. The molecular weight excluding hydrogens is 302 g/mol. The number of hydrogen-bond donors (Lipinski definition) is 4. The van der Waals surface area contributed by atoms with Crippen LogP contribution in [-0.2, 0) is 14.4 Å². The third-order valence-electron chi connectivity index (χ3n) is 3.24. The molecule has 3 amide bonds. The molecule has 0 bridgehead atoms. The molecule has 0 aliphatic heterocycles. The average Bonchev–Trinajstić information content (AvgIpc) is 3.36. The molecule has 0 atom stereocenters. The minimum absolute atomic E-state index is 0.0205. The van der Waals surface area contributed by atoms with Gasteiger partial charge in [0, 0.05) is 23.6 Å². The van der Waals surface area contributed by atoms with E-state index in [9.17, 15) is 19.2 Å². The number of anilines is 1. The van der Waals surface area contributed by atoms with E-state index in [1.807, 2.05) is 0 Å².